The molecule has 19 heavy (non-hydrogen) atoms. The van der Waals surface area contributed by atoms with Crippen LogP contribution in [0.3, 0.4) is 0 Å². The molecule has 0 spiro atoms. The van der Waals surface area contributed by atoms with Crippen LogP contribution in [0.5, 0.6) is 0 Å². The molecule has 0 aromatic heterocycles. The number of rotatable bonds is 4. The van der Waals surface area contributed by atoms with Crippen molar-refractivity contribution in [2.24, 2.45) is 0 Å². The number of likely N-dealkylation sites (tertiary alicyclic amines) is 1. The average molecular weight is 257 g/mol. The molecule has 1 aliphatic rings. The van der Waals surface area contributed by atoms with E-state index in [9.17, 15) is 4.79 Å². The van der Waals surface area contributed by atoms with Crippen LogP contribution in [0.15, 0.2) is 24.3 Å². The second-order valence-electron chi connectivity index (χ2n) is 4.92. The number of carbonyl (C=O) groups excluding carboxylic acids is 1. The van der Waals surface area contributed by atoms with Crippen LogP contribution >= 0.6 is 0 Å². The van der Waals surface area contributed by atoms with Gasteiger partial charge in [0.1, 0.15) is 0 Å². The number of hydrogen-bond acceptors (Lipinski definition) is 3. The molecular weight excluding hydrogens is 238 g/mol. The van der Waals surface area contributed by atoms with E-state index >= 15 is 0 Å². The zero-order valence-corrected chi connectivity index (χ0v) is 11.2. The molecule has 100 valence electrons. The van der Waals surface area contributed by atoms with Crippen molar-refractivity contribution < 1.29 is 4.79 Å². The van der Waals surface area contributed by atoms with E-state index in [4.69, 9.17) is 5.26 Å². The molecular formula is C15H19N3O. The Labute approximate surface area is 114 Å². The van der Waals surface area contributed by atoms with Crippen LogP contribution in [0.4, 0.5) is 5.69 Å². The van der Waals surface area contributed by atoms with E-state index in [1.54, 1.807) is 24.3 Å². The number of nitrogens with zero attached hydrogens (tertiary/aromatic N) is 2. The SMILES string of the molecule is CCC1CCCN1CC(=O)Nc1cccc(C#N)c1. The van der Waals surface area contributed by atoms with Gasteiger partial charge in [0.25, 0.3) is 0 Å². The quantitative estimate of drug-likeness (QED) is 0.901. The molecule has 1 heterocycles. The minimum absolute atomic E-state index is 0.00422. The van der Waals surface area contributed by atoms with Crippen molar-refractivity contribution in [3.63, 3.8) is 0 Å². The summed E-state index contributed by atoms with van der Waals surface area (Å²) in [6.45, 7) is 3.61. The van der Waals surface area contributed by atoms with Gasteiger partial charge in [-0.15, -0.1) is 0 Å². The lowest BCUT2D eigenvalue weighted by molar-refractivity contribution is -0.117. The van der Waals surface area contributed by atoms with E-state index in [-0.39, 0.29) is 5.91 Å². The maximum absolute atomic E-state index is 12.0. The van der Waals surface area contributed by atoms with E-state index in [0.717, 1.165) is 13.0 Å². The smallest absolute Gasteiger partial charge is 0.238 e. The second kappa shape index (κ2) is 6.35. The molecule has 1 aromatic rings. The van der Waals surface area contributed by atoms with Crippen LogP contribution in [-0.4, -0.2) is 29.9 Å². The van der Waals surface area contributed by atoms with Crippen LogP contribution in [-0.2, 0) is 4.79 Å². The Morgan fingerprint density at radius 3 is 3.16 bits per heavy atom. The molecule has 0 aliphatic carbocycles. The molecule has 0 saturated carbocycles. The monoisotopic (exact) mass is 257 g/mol. The van der Waals surface area contributed by atoms with E-state index < -0.39 is 0 Å². The highest BCUT2D eigenvalue weighted by Gasteiger charge is 2.24. The predicted octanol–water partition coefficient (Wildman–Crippen LogP) is 2.37. The van der Waals surface area contributed by atoms with Gasteiger partial charge in [-0.2, -0.15) is 5.26 Å². The number of nitriles is 1. The van der Waals surface area contributed by atoms with Crippen molar-refractivity contribution in [1.29, 1.82) is 5.26 Å². The maximum Gasteiger partial charge on any atom is 0.238 e. The third-order valence-electron chi connectivity index (χ3n) is 3.59. The summed E-state index contributed by atoms with van der Waals surface area (Å²) in [6.07, 6.45) is 3.46. The van der Waals surface area contributed by atoms with Crippen LogP contribution in [0.2, 0.25) is 0 Å². The predicted molar refractivity (Wildman–Crippen MR) is 74.7 cm³/mol. The number of amides is 1. The maximum atomic E-state index is 12.0. The number of anilines is 1. The first kappa shape index (κ1) is 13.6. The van der Waals surface area contributed by atoms with Crippen molar-refractivity contribution in [2.75, 3.05) is 18.4 Å². The summed E-state index contributed by atoms with van der Waals surface area (Å²) in [7, 11) is 0. The number of hydrogen-bond donors (Lipinski definition) is 1. The molecule has 1 amide bonds. The third kappa shape index (κ3) is 3.55. The van der Waals surface area contributed by atoms with E-state index in [1.807, 2.05) is 0 Å². The largest absolute Gasteiger partial charge is 0.325 e. The first-order valence-corrected chi connectivity index (χ1v) is 6.77. The van der Waals surface area contributed by atoms with Crippen LogP contribution in [0.1, 0.15) is 31.7 Å². The van der Waals surface area contributed by atoms with Gasteiger partial charge in [0, 0.05) is 11.7 Å². The van der Waals surface area contributed by atoms with Gasteiger partial charge in [-0.25, -0.2) is 0 Å². The third-order valence-corrected chi connectivity index (χ3v) is 3.59. The molecule has 0 radical (unpaired) electrons. The zero-order valence-electron chi connectivity index (χ0n) is 11.2. The topological polar surface area (TPSA) is 56.1 Å². The second-order valence-corrected chi connectivity index (χ2v) is 4.92. The summed E-state index contributed by atoms with van der Waals surface area (Å²) in [5, 5.41) is 11.7. The summed E-state index contributed by atoms with van der Waals surface area (Å²) in [5.41, 5.74) is 1.25. The molecule has 1 saturated heterocycles. The summed E-state index contributed by atoms with van der Waals surface area (Å²) in [6, 6.07) is 9.61. The van der Waals surface area contributed by atoms with E-state index in [2.05, 4.69) is 23.2 Å². The van der Waals surface area contributed by atoms with Crippen LogP contribution < -0.4 is 5.32 Å². The first-order chi connectivity index (χ1) is 9.22. The van der Waals surface area contributed by atoms with Crippen molar-refractivity contribution in [3.05, 3.63) is 29.8 Å². The van der Waals surface area contributed by atoms with Crippen molar-refractivity contribution in [1.82, 2.24) is 4.90 Å². The lowest BCUT2D eigenvalue weighted by Gasteiger charge is -2.22. The normalized spacial score (nSPS) is 19.1. The fraction of sp³-hybridized carbons (Fsp3) is 0.467. The lowest BCUT2D eigenvalue weighted by atomic mass is 10.2. The Kier molecular flexibility index (Phi) is 4.53. The Bertz CT molecular complexity index is 492. The highest BCUT2D eigenvalue weighted by molar-refractivity contribution is 5.92. The minimum atomic E-state index is -0.00422. The molecule has 1 aliphatic heterocycles. The number of benzene rings is 1. The Morgan fingerprint density at radius 1 is 1.58 bits per heavy atom. The van der Waals surface area contributed by atoms with Crippen molar-refractivity contribution in [3.8, 4) is 6.07 Å². The summed E-state index contributed by atoms with van der Waals surface area (Å²) in [4.78, 5) is 14.2. The van der Waals surface area contributed by atoms with Gasteiger partial charge in [0.05, 0.1) is 18.2 Å². The van der Waals surface area contributed by atoms with Gasteiger partial charge in [-0.05, 0) is 44.0 Å². The Morgan fingerprint density at radius 2 is 2.42 bits per heavy atom. The van der Waals surface area contributed by atoms with Gasteiger partial charge in [0.2, 0.25) is 5.91 Å². The van der Waals surface area contributed by atoms with Gasteiger partial charge in [-0.1, -0.05) is 13.0 Å². The molecule has 1 unspecified atom stereocenters. The minimum Gasteiger partial charge on any atom is -0.325 e. The van der Waals surface area contributed by atoms with Crippen molar-refractivity contribution in [2.45, 2.75) is 32.2 Å². The Balaban J connectivity index is 1.92. The highest BCUT2D eigenvalue weighted by atomic mass is 16.2. The Hall–Kier alpha value is -1.86. The average Bonchev–Trinajstić information content (AvgIpc) is 2.86. The molecule has 4 heteroatoms. The highest BCUT2D eigenvalue weighted by Crippen LogP contribution is 2.19. The van der Waals surface area contributed by atoms with Crippen LogP contribution in [0, 0.1) is 11.3 Å². The summed E-state index contributed by atoms with van der Waals surface area (Å²) in [5.74, 6) is -0.00422. The fourth-order valence-corrected chi connectivity index (χ4v) is 2.62. The molecule has 2 rings (SSSR count). The molecule has 1 atom stereocenters. The van der Waals surface area contributed by atoms with Gasteiger partial charge in [0.15, 0.2) is 0 Å². The summed E-state index contributed by atoms with van der Waals surface area (Å²) < 4.78 is 0. The van der Waals surface area contributed by atoms with Gasteiger partial charge in [-0.3, -0.25) is 9.69 Å². The molecule has 1 aromatic carbocycles. The van der Waals surface area contributed by atoms with Gasteiger partial charge < -0.3 is 5.32 Å². The summed E-state index contributed by atoms with van der Waals surface area (Å²) >= 11 is 0. The van der Waals surface area contributed by atoms with Gasteiger partial charge >= 0.3 is 0 Å². The first-order valence-electron chi connectivity index (χ1n) is 6.77. The zero-order chi connectivity index (χ0) is 13.7. The van der Waals surface area contributed by atoms with Crippen LogP contribution in [0.25, 0.3) is 0 Å². The fourth-order valence-electron chi connectivity index (χ4n) is 2.62. The molecule has 1 N–H and O–H groups in total. The lowest BCUT2D eigenvalue weighted by Crippen LogP contribution is -2.36. The number of nitrogens with one attached hydrogen (secondary N) is 1. The van der Waals surface area contributed by atoms with Crippen molar-refractivity contribution >= 4 is 11.6 Å². The number of carbonyl (C=O) groups is 1. The molecule has 0 bridgehead atoms. The van der Waals surface area contributed by atoms with E-state index in [0.29, 0.717) is 23.8 Å². The van der Waals surface area contributed by atoms with E-state index in [1.165, 1.54) is 12.8 Å². The molecule has 1 fully saturated rings. The standard InChI is InChI=1S/C15H19N3O/c1-2-14-7-4-8-18(14)11-15(19)17-13-6-3-5-12(9-13)10-16/h3,5-6,9,14H,2,4,7-8,11H2,1H3,(H,17,19). The molecule has 4 nitrogen and oxygen atoms in total.